The fourth-order valence-corrected chi connectivity index (χ4v) is 2.56. The minimum atomic E-state index is -4.41. The average molecular weight is 306 g/mol. The fourth-order valence-electron chi connectivity index (χ4n) is 1.68. The van der Waals surface area contributed by atoms with Crippen LogP contribution in [0.4, 0.5) is 18.9 Å². The molecule has 0 saturated carbocycles. The van der Waals surface area contributed by atoms with Gasteiger partial charge in [-0.05, 0) is 47.0 Å². The number of alkyl halides is 3. The number of rotatable bonds is 4. The van der Waals surface area contributed by atoms with E-state index in [1.165, 1.54) is 12.1 Å². The van der Waals surface area contributed by atoms with Crippen LogP contribution in [0, 0.1) is 0 Å². The molecule has 0 bridgehead atoms. The summed E-state index contributed by atoms with van der Waals surface area (Å²) in [6, 6.07) is 5.70. The van der Waals surface area contributed by atoms with Crippen molar-refractivity contribution in [3.8, 4) is 0 Å². The Kier molecular flexibility index (Phi) is 4.37. The van der Waals surface area contributed by atoms with Gasteiger partial charge in [0.2, 0.25) is 0 Å². The zero-order chi connectivity index (χ0) is 13.9. The largest absolute Gasteiger partial charge is 0.418 e. The van der Waals surface area contributed by atoms with Gasteiger partial charge in [0.15, 0.2) is 0 Å². The van der Waals surface area contributed by atoms with E-state index in [4.69, 9.17) is 11.6 Å². The lowest BCUT2D eigenvalue weighted by molar-refractivity contribution is -0.136. The highest BCUT2D eigenvalue weighted by Crippen LogP contribution is 2.36. The van der Waals surface area contributed by atoms with Crippen molar-refractivity contribution in [1.82, 2.24) is 0 Å². The highest BCUT2D eigenvalue weighted by molar-refractivity contribution is 7.07. The van der Waals surface area contributed by atoms with Gasteiger partial charge in [-0.1, -0.05) is 11.6 Å². The summed E-state index contributed by atoms with van der Waals surface area (Å²) in [6.45, 7) is 0.446. The second kappa shape index (κ2) is 5.84. The van der Waals surface area contributed by atoms with Crippen LogP contribution in [0.1, 0.15) is 11.1 Å². The number of nitrogens with one attached hydrogen (secondary N) is 1. The van der Waals surface area contributed by atoms with Crippen molar-refractivity contribution in [3.63, 3.8) is 0 Å². The summed E-state index contributed by atoms with van der Waals surface area (Å²) in [5.41, 5.74) is 0.442. The molecule has 1 aromatic heterocycles. The molecule has 2 aromatic rings. The first kappa shape index (κ1) is 14.2. The summed E-state index contributed by atoms with van der Waals surface area (Å²) >= 11 is 7.18. The number of hydrogen-bond donors (Lipinski definition) is 1. The van der Waals surface area contributed by atoms with Crippen molar-refractivity contribution in [2.24, 2.45) is 0 Å². The maximum absolute atomic E-state index is 12.8. The topological polar surface area (TPSA) is 12.0 Å². The molecule has 0 fully saturated rings. The summed E-state index contributed by atoms with van der Waals surface area (Å²) in [5.74, 6) is 0. The van der Waals surface area contributed by atoms with Crippen LogP contribution in [0.2, 0.25) is 5.02 Å². The molecule has 0 aliphatic carbocycles. The third kappa shape index (κ3) is 3.88. The van der Waals surface area contributed by atoms with Crippen LogP contribution in [0.3, 0.4) is 0 Å². The van der Waals surface area contributed by atoms with E-state index >= 15 is 0 Å². The molecule has 1 aromatic carbocycles. The van der Waals surface area contributed by atoms with E-state index in [0.29, 0.717) is 13.0 Å². The van der Waals surface area contributed by atoms with Gasteiger partial charge in [0, 0.05) is 17.3 Å². The molecule has 0 spiro atoms. The van der Waals surface area contributed by atoms with Gasteiger partial charge in [-0.15, -0.1) is 0 Å². The van der Waals surface area contributed by atoms with Gasteiger partial charge in [0.25, 0.3) is 0 Å². The van der Waals surface area contributed by atoms with Crippen LogP contribution in [0.15, 0.2) is 35.0 Å². The molecule has 1 N–H and O–H groups in total. The smallest absolute Gasteiger partial charge is 0.384 e. The summed E-state index contributed by atoms with van der Waals surface area (Å²) in [4.78, 5) is 0. The number of hydrogen-bond acceptors (Lipinski definition) is 2. The molecule has 0 unspecified atom stereocenters. The number of benzene rings is 1. The van der Waals surface area contributed by atoms with Crippen LogP contribution in [0.5, 0.6) is 0 Å². The van der Waals surface area contributed by atoms with Crippen molar-refractivity contribution >= 4 is 28.6 Å². The normalized spacial score (nSPS) is 11.6. The van der Waals surface area contributed by atoms with E-state index in [9.17, 15) is 13.2 Å². The molecular weight excluding hydrogens is 295 g/mol. The van der Waals surface area contributed by atoms with E-state index in [1.54, 1.807) is 11.3 Å². The minimum Gasteiger partial charge on any atom is -0.384 e. The molecule has 19 heavy (non-hydrogen) atoms. The highest BCUT2D eigenvalue weighted by Gasteiger charge is 2.33. The zero-order valence-corrected chi connectivity index (χ0v) is 11.4. The van der Waals surface area contributed by atoms with E-state index in [-0.39, 0.29) is 10.7 Å². The van der Waals surface area contributed by atoms with E-state index < -0.39 is 11.7 Å². The molecule has 2 rings (SSSR count). The van der Waals surface area contributed by atoms with Gasteiger partial charge < -0.3 is 5.32 Å². The first-order valence-corrected chi connectivity index (χ1v) is 6.90. The van der Waals surface area contributed by atoms with Crippen LogP contribution >= 0.6 is 22.9 Å². The van der Waals surface area contributed by atoms with E-state index in [0.717, 1.165) is 11.6 Å². The van der Waals surface area contributed by atoms with E-state index in [2.05, 4.69) is 5.32 Å². The van der Waals surface area contributed by atoms with Crippen molar-refractivity contribution in [3.05, 3.63) is 51.2 Å². The molecule has 1 heterocycles. The predicted molar refractivity (Wildman–Crippen MR) is 73.0 cm³/mol. The third-order valence-electron chi connectivity index (χ3n) is 2.60. The van der Waals surface area contributed by atoms with Gasteiger partial charge in [0.1, 0.15) is 0 Å². The van der Waals surface area contributed by atoms with Crippen LogP contribution in [0.25, 0.3) is 0 Å². The standard InChI is InChI=1S/C13H11ClF3NS/c14-10-1-2-12(11(7-10)13(15,16)17)18-5-3-9-4-6-19-8-9/h1-2,4,6-8,18H,3,5H2. The Labute approximate surface area is 118 Å². The lowest BCUT2D eigenvalue weighted by atomic mass is 10.1. The fraction of sp³-hybridized carbons (Fsp3) is 0.231. The molecule has 1 nitrogen and oxygen atoms in total. The van der Waals surface area contributed by atoms with Crippen LogP contribution in [-0.4, -0.2) is 6.54 Å². The number of thiophene rings is 1. The van der Waals surface area contributed by atoms with Gasteiger partial charge in [-0.25, -0.2) is 0 Å². The summed E-state index contributed by atoms with van der Waals surface area (Å²) in [6.07, 6.45) is -3.72. The summed E-state index contributed by atoms with van der Waals surface area (Å²) < 4.78 is 38.5. The molecule has 0 amide bonds. The highest BCUT2D eigenvalue weighted by atomic mass is 35.5. The summed E-state index contributed by atoms with van der Waals surface area (Å²) in [5, 5.41) is 6.81. The lowest BCUT2D eigenvalue weighted by Gasteiger charge is -2.14. The van der Waals surface area contributed by atoms with Crippen molar-refractivity contribution in [1.29, 1.82) is 0 Å². The first-order chi connectivity index (χ1) is 8.97. The Morgan fingerprint density at radius 1 is 1.21 bits per heavy atom. The molecule has 0 aliphatic rings. The zero-order valence-electron chi connectivity index (χ0n) is 9.80. The molecule has 6 heteroatoms. The third-order valence-corrected chi connectivity index (χ3v) is 3.56. The van der Waals surface area contributed by atoms with Gasteiger partial charge >= 0.3 is 6.18 Å². The molecule has 0 atom stereocenters. The Morgan fingerprint density at radius 3 is 2.63 bits per heavy atom. The van der Waals surface area contributed by atoms with Gasteiger partial charge in [-0.3, -0.25) is 0 Å². The van der Waals surface area contributed by atoms with E-state index in [1.807, 2.05) is 16.8 Å². The average Bonchev–Trinajstić information content (AvgIpc) is 2.83. The Morgan fingerprint density at radius 2 is 2.00 bits per heavy atom. The number of anilines is 1. The maximum Gasteiger partial charge on any atom is 0.418 e. The molecule has 0 aliphatic heterocycles. The van der Waals surface area contributed by atoms with Crippen LogP contribution < -0.4 is 5.32 Å². The second-order valence-electron chi connectivity index (χ2n) is 4.00. The molecular formula is C13H11ClF3NS. The Hall–Kier alpha value is -1.20. The molecule has 0 radical (unpaired) electrons. The number of halogens is 4. The van der Waals surface area contributed by atoms with Crippen molar-refractivity contribution in [2.75, 3.05) is 11.9 Å². The van der Waals surface area contributed by atoms with Gasteiger partial charge in [0.05, 0.1) is 5.56 Å². The second-order valence-corrected chi connectivity index (χ2v) is 5.21. The SMILES string of the molecule is FC(F)(F)c1cc(Cl)ccc1NCCc1ccsc1. The molecule has 102 valence electrons. The molecule has 0 saturated heterocycles. The maximum atomic E-state index is 12.8. The van der Waals surface area contributed by atoms with Crippen molar-refractivity contribution < 1.29 is 13.2 Å². The minimum absolute atomic E-state index is 0.0622. The Balaban J connectivity index is 2.07. The quantitative estimate of drug-likeness (QED) is 0.831. The lowest BCUT2D eigenvalue weighted by Crippen LogP contribution is -2.12. The van der Waals surface area contributed by atoms with Crippen molar-refractivity contribution in [2.45, 2.75) is 12.6 Å². The summed E-state index contributed by atoms with van der Waals surface area (Å²) in [7, 11) is 0. The first-order valence-electron chi connectivity index (χ1n) is 5.58. The Bertz CT molecular complexity index is 537. The monoisotopic (exact) mass is 305 g/mol. The van der Waals surface area contributed by atoms with Gasteiger partial charge in [-0.2, -0.15) is 24.5 Å². The van der Waals surface area contributed by atoms with Crippen LogP contribution in [-0.2, 0) is 12.6 Å². The predicted octanol–water partition coefficient (Wildman–Crippen LogP) is 5.07.